The number of primary amides is 1. The highest BCUT2D eigenvalue weighted by molar-refractivity contribution is 7.89. The summed E-state index contributed by atoms with van der Waals surface area (Å²) in [6, 6.07) is 7.07. The highest BCUT2D eigenvalue weighted by Crippen LogP contribution is 2.16. The molecule has 0 unspecified atom stereocenters. The molecule has 0 bridgehead atoms. The molecule has 0 saturated heterocycles. The molecule has 2 amide bonds. The maximum atomic E-state index is 13.9. The smallest absolute Gasteiger partial charge is 0.248 e. The molecule has 0 saturated carbocycles. The Morgan fingerprint density at radius 3 is 2.14 bits per heavy atom. The number of likely N-dealkylation sites (N-methyl/N-ethyl adjacent to an activating group) is 1. The van der Waals surface area contributed by atoms with Crippen molar-refractivity contribution in [2.24, 2.45) is 5.73 Å². The quantitative estimate of drug-likeness (QED) is 0.672. The second-order valence-corrected chi connectivity index (χ2v) is 8.00. The van der Waals surface area contributed by atoms with Crippen molar-refractivity contribution >= 4 is 21.8 Å². The summed E-state index contributed by atoms with van der Waals surface area (Å²) in [6.07, 6.45) is 0. The van der Waals surface area contributed by atoms with Crippen molar-refractivity contribution < 1.29 is 26.8 Å². The topological polar surface area (TPSA) is 110 Å². The molecule has 156 valence electrons. The first-order chi connectivity index (χ1) is 13.6. The minimum Gasteiger partial charge on any atom is -0.366 e. The standard InChI is InChI=1S/C19H21F2N3O4S/c1-3-24(11-15-16(20)5-4-6-17(15)21)19(26)12(2)23-29(27,28)14-9-7-13(8-10-14)18(22)25/h4-10,12,23H,3,11H2,1-2H3,(H2,22,25)/t12-/m0/s1. The van der Waals surface area contributed by atoms with Crippen LogP contribution in [0.15, 0.2) is 47.4 Å². The van der Waals surface area contributed by atoms with Crippen LogP contribution in [0.4, 0.5) is 8.78 Å². The minimum absolute atomic E-state index is 0.117. The first kappa shape index (κ1) is 22.4. The fraction of sp³-hybridized carbons (Fsp3) is 0.263. The third-order valence-corrected chi connectivity index (χ3v) is 5.81. The van der Waals surface area contributed by atoms with E-state index in [1.807, 2.05) is 0 Å². The van der Waals surface area contributed by atoms with Crippen LogP contribution in [0.3, 0.4) is 0 Å². The van der Waals surface area contributed by atoms with Crippen LogP contribution in [0.5, 0.6) is 0 Å². The predicted molar refractivity (Wildman–Crippen MR) is 102 cm³/mol. The molecular weight excluding hydrogens is 404 g/mol. The Balaban J connectivity index is 2.16. The zero-order chi connectivity index (χ0) is 21.8. The Morgan fingerprint density at radius 1 is 1.10 bits per heavy atom. The SMILES string of the molecule is CCN(Cc1c(F)cccc1F)C(=O)[C@H](C)NS(=O)(=O)c1ccc(C(N)=O)cc1. The van der Waals surface area contributed by atoms with Gasteiger partial charge < -0.3 is 10.6 Å². The summed E-state index contributed by atoms with van der Waals surface area (Å²) in [6.45, 7) is 2.72. The Kier molecular flexibility index (Phi) is 7.04. The predicted octanol–water partition coefficient (Wildman–Crippen LogP) is 1.78. The molecule has 0 radical (unpaired) electrons. The number of nitrogens with zero attached hydrogens (tertiary/aromatic N) is 1. The Labute approximate surface area is 167 Å². The molecule has 0 fully saturated rings. The van der Waals surface area contributed by atoms with Crippen LogP contribution in [0, 0.1) is 11.6 Å². The molecule has 3 N–H and O–H groups in total. The molecule has 2 rings (SSSR count). The average molecular weight is 425 g/mol. The van der Waals surface area contributed by atoms with Crippen LogP contribution in [0.1, 0.15) is 29.8 Å². The number of hydrogen-bond acceptors (Lipinski definition) is 4. The second-order valence-electron chi connectivity index (χ2n) is 6.28. The van der Waals surface area contributed by atoms with Gasteiger partial charge >= 0.3 is 0 Å². The van der Waals surface area contributed by atoms with Gasteiger partial charge in [0.25, 0.3) is 0 Å². The van der Waals surface area contributed by atoms with Gasteiger partial charge in [0.05, 0.1) is 17.5 Å². The molecule has 0 aromatic heterocycles. The van der Waals surface area contributed by atoms with Crippen LogP contribution in [0.2, 0.25) is 0 Å². The highest BCUT2D eigenvalue weighted by Gasteiger charge is 2.26. The number of sulfonamides is 1. The van der Waals surface area contributed by atoms with E-state index in [1.54, 1.807) is 6.92 Å². The van der Waals surface area contributed by atoms with Gasteiger partial charge in [0.1, 0.15) is 11.6 Å². The lowest BCUT2D eigenvalue weighted by Gasteiger charge is -2.25. The van der Waals surface area contributed by atoms with Crippen LogP contribution in [0.25, 0.3) is 0 Å². The summed E-state index contributed by atoms with van der Waals surface area (Å²) in [4.78, 5) is 24.7. The molecule has 0 aliphatic carbocycles. The van der Waals surface area contributed by atoms with Crippen molar-refractivity contribution in [1.29, 1.82) is 0 Å². The van der Waals surface area contributed by atoms with E-state index in [-0.39, 0.29) is 29.1 Å². The van der Waals surface area contributed by atoms with Crippen LogP contribution < -0.4 is 10.5 Å². The molecule has 1 atom stereocenters. The lowest BCUT2D eigenvalue weighted by molar-refractivity contribution is -0.133. The van der Waals surface area contributed by atoms with E-state index in [0.29, 0.717) is 0 Å². The molecule has 0 aliphatic heterocycles. The second kappa shape index (κ2) is 9.10. The number of nitrogens with one attached hydrogen (secondary N) is 1. The van der Waals surface area contributed by atoms with Crippen LogP contribution >= 0.6 is 0 Å². The van der Waals surface area contributed by atoms with Crippen molar-refractivity contribution in [2.75, 3.05) is 6.54 Å². The first-order valence-corrected chi connectivity index (χ1v) is 10.2. The Morgan fingerprint density at radius 2 is 1.66 bits per heavy atom. The van der Waals surface area contributed by atoms with Gasteiger partial charge in [0, 0.05) is 17.7 Å². The lowest BCUT2D eigenvalue weighted by atomic mass is 10.1. The number of carbonyl (C=O) groups is 2. The molecule has 7 nitrogen and oxygen atoms in total. The summed E-state index contributed by atoms with van der Waals surface area (Å²) in [5.74, 6) is -2.94. The van der Waals surface area contributed by atoms with E-state index in [4.69, 9.17) is 5.73 Å². The number of rotatable bonds is 8. The average Bonchev–Trinajstić information content (AvgIpc) is 2.67. The number of halogens is 2. The van der Waals surface area contributed by atoms with E-state index >= 15 is 0 Å². The lowest BCUT2D eigenvalue weighted by Crippen LogP contribution is -2.46. The zero-order valence-electron chi connectivity index (χ0n) is 15.9. The molecule has 29 heavy (non-hydrogen) atoms. The maximum Gasteiger partial charge on any atom is 0.248 e. The third-order valence-electron chi connectivity index (χ3n) is 4.26. The monoisotopic (exact) mass is 425 g/mol. The largest absolute Gasteiger partial charge is 0.366 e. The third kappa shape index (κ3) is 5.36. The fourth-order valence-corrected chi connectivity index (χ4v) is 3.84. The van der Waals surface area contributed by atoms with E-state index < -0.39 is 39.5 Å². The van der Waals surface area contributed by atoms with Gasteiger partial charge in [-0.05, 0) is 50.2 Å². The fourth-order valence-electron chi connectivity index (χ4n) is 2.64. The summed E-state index contributed by atoms with van der Waals surface area (Å²) in [7, 11) is -4.08. The molecule has 0 heterocycles. The van der Waals surface area contributed by atoms with Crippen molar-refractivity contribution in [3.05, 3.63) is 65.2 Å². The molecule has 0 aliphatic rings. The van der Waals surface area contributed by atoms with Gasteiger partial charge in [-0.15, -0.1) is 0 Å². The van der Waals surface area contributed by atoms with E-state index in [1.165, 1.54) is 37.3 Å². The molecule has 10 heteroatoms. The molecule has 2 aromatic rings. The molecule has 0 spiro atoms. The number of nitrogens with two attached hydrogens (primary N) is 1. The first-order valence-electron chi connectivity index (χ1n) is 8.70. The number of hydrogen-bond donors (Lipinski definition) is 2. The van der Waals surface area contributed by atoms with Crippen LogP contribution in [-0.2, 0) is 21.4 Å². The molecule has 2 aromatic carbocycles. The van der Waals surface area contributed by atoms with Gasteiger partial charge in [-0.2, -0.15) is 4.72 Å². The number of benzene rings is 2. The Bertz CT molecular complexity index is 990. The summed E-state index contributed by atoms with van der Waals surface area (Å²) in [5, 5.41) is 0. The summed E-state index contributed by atoms with van der Waals surface area (Å²) in [5.41, 5.74) is 4.98. The Hall–Kier alpha value is -2.85. The van der Waals surface area contributed by atoms with Gasteiger partial charge in [-0.25, -0.2) is 17.2 Å². The zero-order valence-corrected chi connectivity index (χ0v) is 16.7. The van der Waals surface area contributed by atoms with Gasteiger partial charge in [0.15, 0.2) is 0 Å². The van der Waals surface area contributed by atoms with Crippen LogP contribution in [-0.4, -0.2) is 37.7 Å². The van der Waals surface area contributed by atoms with Crippen molar-refractivity contribution in [1.82, 2.24) is 9.62 Å². The van der Waals surface area contributed by atoms with E-state index in [0.717, 1.165) is 17.0 Å². The van der Waals surface area contributed by atoms with Crippen molar-refractivity contribution in [3.8, 4) is 0 Å². The van der Waals surface area contributed by atoms with Gasteiger partial charge in [0.2, 0.25) is 21.8 Å². The van der Waals surface area contributed by atoms with Gasteiger partial charge in [-0.1, -0.05) is 6.07 Å². The number of carbonyl (C=O) groups excluding carboxylic acids is 2. The summed E-state index contributed by atoms with van der Waals surface area (Å²) < 4.78 is 54.9. The highest BCUT2D eigenvalue weighted by atomic mass is 32.2. The van der Waals surface area contributed by atoms with Crippen molar-refractivity contribution in [2.45, 2.75) is 31.3 Å². The van der Waals surface area contributed by atoms with E-state index in [2.05, 4.69) is 4.72 Å². The maximum absolute atomic E-state index is 13.9. The summed E-state index contributed by atoms with van der Waals surface area (Å²) >= 11 is 0. The van der Waals surface area contributed by atoms with Gasteiger partial charge in [-0.3, -0.25) is 9.59 Å². The minimum atomic E-state index is -4.08. The number of amides is 2. The van der Waals surface area contributed by atoms with Crippen molar-refractivity contribution in [3.63, 3.8) is 0 Å². The normalized spacial score (nSPS) is 12.4. The molecular formula is C19H21F2N3O4S. The van der Waals surface area contributed by atoms with E-state index in [9.17, 15) is 26.8 Å².